The Kier molecular flexibility index (Phi) is 4.41. The Bertz CT molecular complexity index is 451. The van der Waals surface area contributed by atoms with Crippen molar-refractivity contribution >= 4 is 6.16 Å². The molecule has 2 rings (SSSR count). The first-order chi connectivity index (χ1) is 9.22. The normalized spacial score (nSPS) is 22.3. The summed E-state index contributed by atoms with van der Waals surface area (Å²) in [5, 5.41) is 0. The Balaban J connectivity index is 1.91. The number of carbonyl (C=O) groups excluding carboxylic acids is 1. The van der Waals surface area contributed by atoms with Gasteiger partial charge >= 0.3 is 6.16 Å². The van der Waals surface area contributed by atoms with E-state index in [9.17, 15) is 4.79 Å². The molecule has 0 saturated carbocycles. The Morgan fingerprint density at radius 1 is 1.26 bits per heavy atom. The van der Waals surface area contributed by atoms with Crippen molar-refractivity contribution in [2.24, 2.45) is 0 Å². The molecule has 0 amide bonds. The maximum atomic E-state index is 11.1. The lowest BCUT2D eigenvalue weighted by Crippen LogP contribution is -2.23. The average molecular weight is 264 g/mol. The second-order valence-electron chi connectivity index (χ2n) is 4.00. The quantitative estimate of drug-likeness (QED) is 0.604. The molecule has 0 aliphatic carbocycles. The van der Waals surface area contributed by atoms with Crippen LogP contribution in [0.4, 0.5) is 4.79 Å². The maximum absolute atomic E-state index is 11.1. The molecule has 0 unspecified atom stereocenters. The third-order valence-electron chi connectivity index (χ3n) is 2.67. The Labute approximate surface area is 111 Å². The van der Waals surface area contributed by atoms with Crippen molar-refractivity contribution in [2.75, 3.05) is 7.11 Å². The van der Waals surface area contributed by atoms with Gasteiger partial charge in [0.15, 0.2) is 6.10 Å². The van der Waals surface area contributed by atoms with Gasteiger partial charge in [-0.25, -0.2) is 4.79 Å². The van der Waals surface area contributed by atoms with Crippen molar-refractivity contribution in [3.8, 4) is 5.75 Å². The molecule has 0 N–H and O–H groups in total. The van der Waals surface area contributed by atoms with Gasteiger partial charge < -0.3 is 18.9 Å². The van der Waals surface area contributed by atoms with Gasteiger partial charge in [0.05, 0.1) is 13.7 Å². The van der Waals surface area contributed by atoms with Crippen LogP contribution < -0.4 is 4.74 Å². The van der Waals surface area contributed by atoms with Crippen molar-refractivity contribution in [2.45, 2.75) is 25.9 Å². The zero-order valence-corrected chi connectivity index (χ0v) is 10.9. The minimum Gasteiger partial charge on any atom is -0.497 e. The van der Waals surface area contributed by atoms with Gasteiger partial charge in [-0.3, -0.25) is 0 Å². The second kappa shape index (κ2) is 6.24. The summed E-state index contributed by atoms with van der Waals surface area (Å²) in [4.78, 5) is 11.1. The standard InChI is InChI=1S/C14H16O5/c1-3-4-12-13(19-14(15)18-12)17-9-10-5-7-11(16-2)8-6-10/h3-8,12-13H,9H2,1-2H3/b4-3-/t12-,13-/m0/s1. The third-order valence-corrected chi connectivity index (χ3v) is 2.67. The largest absolute Gasteiger partial charge is 0.511 e. The molecule has 2 atom stereocenters. The summed E-state index contributed by atoms with van der Waals surface area (Å²) in [6.07, 6.45) is 1.62. The lowest BCUT2D eigenvalue weighted by atomic mass is 10.2. The number of cyclic esters (lactones) is 2. The molecule has 5 heteroatoms. The Morgan fingerprint density at radius 3 is 2.63 bits per heavy atom. The Hall–Kier alpha value is -2.01. The second-order valence-corrected chi connectivity index (χ2v) is 4.00. The number of hydrogen-bond acceptors (Lipinski definition) is 5. The van der Waals surface area contributed by atoms with Gasteiger partial charge in [-0.2, -0.15) is 0 Å². The van der Waals surface area contributed by atoms with Crippen LogP contribution in [0.3, 0.4) is 0 Å². The van der Waals surface area contributed by atoms with Crippen LogP contribution in [0.1, 0.15) is 12.5 Å². The fourth-order valence-electron chi connectivity index (χ4n) is 1.71. The van der Waals surface area contributed by atoms with Crippen LogP contribution in [0.5, 0.6) is 5.75 Å². The van der Waals surface area contributed by atoms with Crippen LogP contribution in [0, 0.1) is 0 Å². The van der Waals surface area contributed by atoms with Gasteiger partial charge in [0.2, 0.25) is 6.29 Å². The van der Waals surface area contributed by atoms with Crippen molar-refractivity contribution in [1.29, 1.82) is 0 Å². The van der Waals surface area contributed by atoms with E-state index < -0.39 is 18.5 Å². The van der Waals surface area contributed by atoms with Gasteiger partial charge in [0.1, 0.15) is 5.75 Å². The van der Waals surface area contributed by atoms with E-state index in [1.165, 1.54) is 0 Å². The summed E-state index contributed by atoms with van der Waals surface area (Å²) in [6, 6.07) is 7.47. The average Bonchev–Trinajstić information content (AvgIpc) is 2.78. The van der Waals surface area contributed by atoms with Gasteiger partial charge in [-0.1, -0.05) is 18.2 Å². The van der Waals surface area contributed by atoms with E-state index in [2.05, 4.69) is 0 Å². The number of benzene rings is 1. The van der Waals surface area contributed by atoms with E-state index in [4.69, 9.17) is 18.9 Å². The highest BCUT2D eigenvalue weighted by atomic mass is 16.8. The van der Waals surface area contributed by atoms with Crippen molar-refractivity contribution < 1.29 is 23.7 Å². The molecule has 1 aromatic carbocycles. The van der Waals surface area contributed by atoms with Crippen molar-refractivity contribution in [1.82, 2.24) is 0 Å². The molecule has 1 saturated heterocycles. The Morgan fingerprint density at radius 2 is 2.00 bits per heavy atom. The first-order valence-electron chi connectivity index (χ1n) is 5.97. The maximum Gasteiger partial charge on any atom is 0.511 e. The molecular weight excluding hydrogens is 248 g/mol. The zero-order valence-electron chi connectivity index (χ0n) is 10.9. The molecule has 1 heterocycles. The predicted molar refractivity (Wildman–Crippen MR) is 67.7 cm³/mol. The van der Waals surface area contributed by atoms with Crippen LogP contribution in [-0.2, 0) is 20.8 Å². The molecule has 0 aromatic heterocycles. The molecule has 0 spiro atoms. The smallest absolute Gasteiger partial charge is 0.497 e. The van der Waals surface area contributed by atoms with Crippen molar-refractivity contribution in [3.05, 3.63) is 42.0 Å². The summed E-state index contributed by atoms with van der Waals surface area (Å²) >= 11 is 0. The molecular formula is C14H16O5. The molecule has 1 aromatic rings. The molecule has 0 bridgehead atoms. The first kappa shape index (κ1) is 13.4. The van der Waals surface area contributed by atoms with Crippen LogP contribution >= 0.6 is 0 Å². The number of hydrogen-bond donors (Lipinski definition) is 0. The topological polar surface area (TPSA) is 54.0 Å². The van der Waals surface area contributed by atoms with E-state index >= 15 is 0 Å². The highest BCUT2D eigenvalue weighted by molar-refractivity contribution is 5.62. The van der Waals surface area contributed by atoms with Gasteiger partial charge in [0, 0.05) is 0 Å². The summed E-state index contributed by atoms with van der Waals surface area (Å²) in [5.41, 5.74) is 0.961. The lowest BCUT2D eigenvalue weighted by Gasteiger charge is -2.13. The van der Waals surface area contributed by atoms with Crippen LogP contribution in [0.2, 0.25) is 0 Å². The number of methoxy groups -OCH3 is 1. The van der Waals surface area contributed by atoms with Crippen LogP contribution in [-0.4, -0.2) is 25.7 Å². The van der Waals surface area contributed by atoms with E-state index in [0.717, 1.165) is 11.3 Å². The molecule has 1 fully saturated rings. The fraction of sp³-hybridized carbons (Fsp3) is 0.357. The van der Waals surface area contributed by atoms with Gasteiger partial charge in [-0.05, 0) is 30.7 Å². The molecule has 0 radical (unpaired) electrons. The van der Waals surface area contributed by atoms with Crippen LogP contribution in [0.25, 0.3) is 0 Å². The van der Waals surface area contributed by atoms with Crippen LogP contribution in [0.15, 0.2) is 36.4 Å². The third kappa shape index (κ3) is 3.48. The van der Waals surface area contributed by atoms with E-state index in [1.54, 1.807) is 19.3 Å². The molecule has 102 valence electrons. The van der Waals surface area contributed by atoms with Gasteiger partial charge in [-0.15, -0.1) is 0 Å². The van der Waals surface area contributed by atoms with E-state index in [-0.39, 0.29) is 0 Å². The first-order valence-corrected chi connectivity index (χ1v) is 5.97. The number of allylic oxidation sites excluding steroid dienone is 1. The minimum atomic E-state index is -0.706. The lowest BCUT2D eigenvalue weighted by molar-refractivity contribution is -0.0999. The number of rotatable bonds is 5. The summed E-state index contributed by atoms with van der Waals surface area (Å²) in [6.45, 7) is 2.17. The molecule has 1 aliphatic heterocycles. The van der Waals surface area contributed by atoms with Crippen molar-refractivity contribution in [3.63, 3.8) is 0 Å². The SMILES string of the molecule is C/C=C\[C@@H]1OC(=O)O[C@@H]1OCc1ccc(OC)cc1. The highest BCUT2D eigenvalue weighted by Gasteiger charge is 2.35. The summed E-state index contributed by atoms with van der Waals surface area (Å²) in [7, 11) is 1.61. The predicted octanol–water partition coefficient (Wildman–Crippen LogP) is 2.65. The summed E-state index contributed by atoms with van der Waals surface area (Å²) in [5.74, 6) is 0.783. The molecule has 1 aliphatic rings. The fourth-order valence-corrected chi connectivity index (χ4v) is 1.71. The number of carbonyl (C=O) groups is 1. The monoisotopic (exact) mass is 264 g/mol. The molecule has 5 nitrogen and oxygen atoms in total. The summed E-state index contributed by atoms with van der Waals surface area (Å²) < 4.78 is 20.5. The van der Waals surface area contributed by atoms with E-state index in [1.807, 2.05) is 31.2 Å². The van der Waals surface area contributed by atoms with E-state index in [0.29, 0.717) is 6.61 Å². The minimum absolute atomic E-state index is 0.333. The molecule has 19 heavy (non-hydrogen) atoms. The zero-order chi connectivity index (χ0) is 13.7. The number of ether oxygens (including phenoxy) is 4. The van der Waals surface area contributed by atoms with Gasteiger partial charge in [0.25, 0.3) is 0 Å². The highest BCUT2D eigenvalue weighted by Crippen LogP contribution is 2.20.